The van der Waals surface area contributed by atoms with Crippen molar-refractivity contribution in [2.24, 2.45) is 5.92 Å². The van der Waals surface area contributed by atoms with Crippen molar-refractivity contribution in [2.45, 2.75) is 58.0 Å². The maximum atomic E-state index is 12.5. The van der Waals surface area contributed by atoms with Gasteiger partial charge in [0.05, 0.1) is 6.42 Å². The topological polar surface area (TPSA) is 105 Å². The lowest BCUT2D eigenvalue weighted by Gasteiger charge is -2.23. The van der Waals surface area contributed by atoms with Crippen LogP contribution in [-0.4, -0.2) is 41.8 Å². The zero-order chi connectivity index (χ0) is 24.0. The van der Waals surface area contributed by atoms with Gasteiger partial charge in [0.15, 0.2) is 0 Å². The molecule has 2 amide bonds. The summed E-state index contributed by atoms with van der Waals surface area (Å²) >= 11 is 0. The third kappa shape index (κ3) is 6.12. The Morgan fingerprint density at radius 3 is 2.03 bits per heavy atom. The SMILES string of the molecule is CC[C@H](CC(=O)N[C@@H](CC(=O)O)C(C)C)NC(=O)OCC1c2ccccc2-c2ccccc21. The fourth-order valence-corrected chi connectivity index (χ4v) is 4.24. The van der Waals surface area contributed by atoms with Gasteiger partial charge in [-0.25, -0.2) is 4.79 Å². The van der Waals surface area contributed by atoms with Crippen LogP contribution in [0.4, 0.5) is 4.79 Å². The highest BCUT2D eigenvalue weighted by atomic mass is 16.5. The molecule has 0 aromatic heterocycles. The van der Waals surface area contributed by atoms with Crippen molar-refractivity contribution >= 4 is 18.0 Å². The van der Waals surface area contributed by atoms with E-state index in [-0.39, 0.29) is 37.2 Å². The number of ether oxygens (including phenoxy) is 1. The van der Waals surface area contributed by atoms with E-state index in [0.29, 0.717) is 6.42 Å². The number of aliphatic carboxylic acids is 1. The van der Waals surface area contributed by atoms with Gasteiger partial charge < -0.3 is 20.5 Å². The normalized spacial score (nSPS) is 14.2. The molecule has 3 rings (SSSR count). The number of carbonyl (C=O) groups excluding carboxylic acids is 2. The van der Waals surface area contributed by atoms with E-state index in [1.807, 2.05) is 45.0 Å². The summed E-state index contributed by atoms with van der Waals surface area (Å²) in [7, 11) is 0. The van der Waals surface area contributed by atoms with E-state index < -0.39 is 24.1 Å². The third-order valence-corrected chi connectivity index (χ3v) is 6.14. The summed E-state index contributed by atoms with van der Waals surface area (Å²) in [4.78, 5) is 36.0. The highest BCUT2D eigenvalue weighted by Crippen LogP contribution is 2.44. The molecule has 0 heterocycles. The van der Waals surface area contributed by atoms with E-state index in [0.717, 1.165) is 22.3 Å². The number of alkyl carbamates (subject to hydrolysis) is 1. The Balaban J connectivity index is 1.55. The summed E-state index contributed by atoms with van der Waals surface area (Å²) < 4.78 is 5.57. The van der Waals surface area contributed by atoms with Crippen molar-refractivity contribution in [1.82, 2.24) is 10.6 Å². The number of nitrogens with one attached hydrogen (secondary N) is 2. The van der Waals surface area contributed by atoms with E-state index in [1.54, 1.807) is 0 Å². The van der Waals surface area contributed by atoms with Gasteiger partial charge in [0, 0.05) is 24.4 Å². The lowest BCUT2D eigenvalue weighted by Crippen LogP contribution is -2.44. The summed E-state index contributed by atoms with van der Waals surface area (Å²) in [5, 5.41) is 14.6. The predicted octanol–water partition coefficient (Wildman–Crippen LogP) is 4.31. The molecule has 2 aromatic carbocycles. The van der Waals surface area contributed by atoms with Gasteiger partial charge in [-0.15, -0.1) is 0 Å². The minimum Gasteiger partial charge on any atom is -0.481 e. The van der Waals surface area contributed by atoms with Crippen LogP contribution in [-0.2, 0) is 14.3 Å². The van der Waals surface area contributed by atoms with Crippen molar-refractivity contribution < 1.29 is 24.2 Å². The maximum absolute atomic E-state index is 12.5. The van der Waals surface area contributed by atoms with Gasteiger partial charge in [0.1, 0.15) is 6.61 Å². The van der Waals surface area contributed by atoms with Crippen LogP contribution in [0.5, 0.6) is 0 Å². The Morgan fingerprint density at radius 2 is 1.52 bits per heavy atom. The Kier molecular flexibility index (Phi) is 8.09. The molecule has 33 heavy (non-hydrogen) atoms. The molecule has 7 nitrogen and oxygen atoms in total. The number of hydrogen-bond acceptors (Lipinski definition) is 4. The molecule has 1 aliphatic carbocycles. The first-order valence-corrected chi connectivity index (χ1v) is 11.4. The predicted molar refractivity (Wildman–Crippen MR) is 126 cm³/mol. The first-order valence-electron chi connectivity index (χ1n) is 11.4. The molecule has 0 radical (unpaired) electrons. The van der Waals surface area contributed by atoms with Gasteiger partial charge >= 0.3 is 12.1 Å². The second-order valence-corrected chi connectivity index (χ2v) is 8.80. The summed E-state index contributed by atoms with van der Waals surface area (Å²) in [5.74, 6) is -1.30. The van der Waals surface area contributed by atoms with Gasteiger partial charge in [-0.3, -0.25) is 9.59 Å². The van der Waals surface area contributed by atoms with Gasteiger partial charge in [-0.1, -0.05) is 69.3 Å². The van der Waals surface area contributed by atoms with E-state index in [9.17, 15) is 14.4 Å². The van der Waals surface area contributed by atoms with Crippen LogP contribution in [0, 0.1) is 5.92 Å². The molecule has 176 valence electrons. The molecule has 7 heteroatoms. The average molecular weight is 453 g/mol. The summed E-state index contributed by atoms with van der Waals surface area (Å²) in [6.45, 7) is 5.80. The maximum Gasteiger partial charge on any atom is 0.407 e. The van der Waals surface area contributed by atoms with Crippen LogP contribution in [0.2, 0.25) is 0 Å². The van der Waals surface area contributed by atoms with Crippen LogP contribution < -0.4 is 10.6 Å². The Morgan fingerprint density at radius 1 is 0.939 bits per heavy atom. The molecular formula is C26H32N2O5. The highest BCUT2D eigenvalue weighted by Gasteiger charge is 2.29. The third-order valence-electron chi connectivity index (χ3n) is 6.14. The Bertz CT molecular complexity index is 958. The monoisotopic (exact) mass is 452 g/mol. The molecule has 0 aliphatic heterocycles. The number of carbonyl (C=O) groups is 3. The summed E-state index contributed by atoms with van der Waals surface area (Å²) in [6.07, 6.45) is -0.102. The number of hydrogen-bond donors (Lipinski definition) is 3. The number of rotatable bonds is 10. The average Bonchev–Trinajstić information content (AvgIpc) is 3.10. The molecular weight excluding hydrogens is 420 g/mol. The number of carboxylic acid groups (broad SMARTS) is 1. The number of fused-ring (bicyclic) bond motifs is 3. The van der Waals surface area contributed by atoms with Crippen LogP contribution in [0.25, 0.3) is 11.1 Å². The quantitative estimate of drug-likeness (QED) is 0.498. The van der Waals surface area contributed by atoms with Crippen molar-refractivity contribution in [3.8, 4) is 11.1 Å². The smallest absolute Gasteiger partial charge is 0.407 e. The molecule has 0 unspecified atom stereocenters. The molecule has 3 N–H and O–H groups in total. The van der Waals surface area contributed by atoms with Crippen molar-refractivity contribution in [2.75, 3.05) is 6.61 Å². The zero-order valence-electron chi connectivity index (χ0n) is 19.3. The van der Waals surface area contributed by atoms with Gasteiger partial charge in [-0.2, -0.15) is 0 Å². The van der Waals surface area contributed by atoms with Crippen LogP contribution in [0.1, 0.15) is 57.1 Å². The van der Waals surface area contributed by atoms with Gasteiger partial charge in [0.2, 0.25) is 5.91 Å². The fraction of sp³-hybridized carbons (Fsp3) is 0.423. The first kappa shape index (κ1) is 24.3. The van der Waals surface area contributed by atoms with Gasteiger partial charge in [0.25, 0.3) is 0 Å². The first-order chi connectivity index (χ1) is 15.8. The minimum atomic E-state index is -0.960. The molecule has 0 spiro atoms. The lowest BCUT2D eigenvalue weighted by atomic mass is 9.98. The number of benzene rings is 2. The van der Waals surface area contributed by atoms with E-state index >= 15 is 0 Å². The van der Waals surface area contributed by atoms with E-state index in [4.69, 9.17) is 9.84 Å². The second kappa shape index (κ2) is 11.0. The molecule has 0 saturated carbocycles. The van der Waals surface area contributed by atoms with E-state index in [1.165, 1.54) is 0 Å². The largest absolute Gasteiger partial charge is 0.481 e. The minimum absolute atomic E-state index is 0.0137. The second-order valence-electron chi connectivity index (χ2n) is 8.80. The van der Waals surface area contributed by atoms with Crippen LogP contribution >= 0.6 is 0 Å². The summed E-state index contributed by atoms with van der Waals surface area (Å²) in [5.41, 5.74) is 4.59. The van der Waals surface area contributed by atoms with Crippen LogP contribution in [0.15, 0.2) is 48.5 Å². The summed E-state index contributed by atoms with van der Waals surface area (Å²) in [6, 6.07) is 15.4. The molecule has 0 bridgehead atoms. The Hall–Kier alpha value is -3.35. The standard InChI is InChI=1S/C26H32N2O5/c1-4-17(13-24(29)28-23(16(2)3)14-25(30)31)27-26(32)33-15-22-20-11-7-5-9-18(20)19-10-6-8-12-21(19)22/h5-12,16-17,22-23H,4,13-15H2,1-3H3,(H,27,32)(H,28,29)(H,30,31)/t17-,23+/m1/s1. The van der Waals surface area contributed by atoms with Crippen molar-refractivity contribution in [3.05, 3.63) is 59.7 Å². The fourth-order valence-electron chi connectivity index (χ4n) is 4.24. The number of carboxylic acids is 1. The molecule has 0 fully saturated rings. The lowest BCUT2D eigenvalue weighted by molar-refractivity contribution is -0.138. The van der Waals surface area contributed by atoms with Crippen molar-refractivity contribution in [3.63, 3.8) is 0 Å². The molecule has 0 saturated heterocycles. The van der Waals surface area contributed by atoms with Crippen molar-refractivity contribution in [1.29, 1.82) is 0 Å². The molecule has 2 aromatic rings. The molecule has 2 atom stereocenters. The van der Waals surface area contributed by atoms with Crippen LogP contribution in [0.3, 0.4) is 0 Å². The Labute approximate surface area is 194 Å². The molecule has 1 aliphatic rings. The highest BCUT2D eigenvalue weighted by molar-refractivity contribution is 5.80. The van der Waals surface area contributed by atoms with E-state index in [2.05, 4.69) is 34.9 Å². The zero-order valence-corrected chi connectivity index (χ0v) is 19.3. The number of amides is 2. The van der Waals surface area contributed by atoms with Gasteiger partial charge in [-0.05, 0) is 34.6 Å².